The molecule has 2 aromatic heterocycles. The molecule has 10 nitrogen and oxygen atoms in total. The number of halogens is 5. The fourth-order valence-electron chi connectivity index (χ4n) is 4.16. The van der Waals surface area contributed by atoms with Crippen LogP contribution < -0.4 is 20.9 Å². The molecular weight excluding hydrogens is 586 g/mol. The number of nitrogens with zero attached hydrogens (tertiary/aromatic N) is 3. The molecule has 0 aliphatic heterocycles. The largest absolute Gasteiger partial charge is 0.495 e. The molecule has 4 rings (SSSR count). The van der Waals surface area contributed by atoms with Crippen LogP contribution in [0.3, 0.4) is 0 Å². The van der Waals surface area contributed by atoms with Crippen LogP contribution in [0.15, 0.2) is 57.9 Å². The number of nitrogens with one attached hydrogen (secondary N) is 2. The number of anilines is 1. The second kappa shape index (κ2) is 12.0. The van der Waals surface area contributed by atoms with Crippen LogP contribution in [-0.2, 0) is 11.0 Å². The number of hydrogen-bond acceptors (Lipinski definition) is 7. The molecule has 0 aliphatic rings. The summed E-state index contributed by atoms with van der Waals surface area (Å²) in [4.78, 5) is 38.2. The Kier molecular flexibility index (Phi) is 8.66. The minimum absolute atomic E-state index is 0.0462. The molecule has 0 bridgehead atoms. The Hall–Kier alpha value is -4.72. The second-order valence-corrected chi connectivity index (χ2v) is 9.22. The summed E-state index contributed by atoms with van der Waals surface area (Å²) in [5.41, 5.74) is -0.488. The van der Waals surface area contributed by atoms with Gasteiger partial charge in [0.15, 0.2) is 0 Å². The predicted octanol–water partition coefficient (Wildman–Crippen LogP) is 5.33. The van der Waals surface area contributed by atoms with Gasteiger partial charge >= 0.3 is 12.1 Å². The van der Waals surface area contributed by atoms with Crippen LogP contribution in [0, 0.1) is 5.82 Å². The Balaban J connectivity index is 1.72. The van der Waals surface area contributed by atoms with E-state index < -0.39 is 47.2 Å². The Labute approximate surface area is 240 Å². The molecule has 0 radical (unpaired) electrons. The van der Waals surface area contributed by atoms with Crippen LogP contribution in [0.5, 0.6) is 5.75 Å². The highest BCUT2D eigenvalue weighted by Crippen LogP contribution is 2.39. The van der Waals surface area contributed by atoms with Gasteiger partial charge in [0.25, 0.3) is 11.5 Å². The number of carbonyl (C=O) groups excluding carboxylic acids is 2. The van der Waals surface area contributed by atoms with Crippen molar-refractivity contribution in [2.24, 2.45) is 0 Å². The van der Waals surface area contributed by atoms with Crippen molar-refractivity contribution in [2.75, 3.05) is 19.5 Å². The molecule has 2 N–H and O–H groups in total. The van der Waals surface area contributed by atoms with E-state index >= 15 is 0 Å². The highest BCUT2D eigenvalue weighted by Gasteiger charge is 2.38. The summed E-state index contributed by atoms with van der Waals surface area (Å²) in [6, 6.07) is 7.71. The summed E-state index contributed by atoms with van der Waals surface area (Å²) in [5, 5.41) is 11.6. The minimum Gasteiger partial charge on any atom is -0.495 e. The van der Waals surface area contributed by atoms with Crippen molar-refractivity contribution in [1.29, 1.82) is 0 Å². The van der Waals surface area contributed by atoms with Crippen LogP contribution in [0.4, 0.5) is 23.2 Å². The van der Waals surface area contributed by atoms with Gasteiger partial charge < -0.3 is 19.8 Å². The van der Waals surface area contributed by atoms with Gasteiger partial charge in [-0.15, -0.1) is 10.2 Å². The number of methoxy groups -OCH3 is 1. The maximum absolute atomic E-state index is 14.4. The first-order valence-corrected chi connectivity index (χ1v) is 12.6. The zero-order chi connectivity index (χ0) is 30.8. The Morgan fingerprint density at radius 1 is 1.10 bits per heavy atom. The molecule has 0 aliphatic carbocycles. The van der Waals surface area contributed by atoms with Gasteiger partial charge in [0, 0.05) is 35.0 Å². The number of hydrogen-bond donors (Lipinski definition) is 2. The zero-order valence-electron chi connectivity index (χ0n) is 22.2. The number of aromatic nitrogens is 3. The number of amides is 2. The van der Waals surface area contributed by atoms with Crippen molar-refractivity contribution in [2.45, 2.75) is 25.6 Å². The van der Waals surface area contributed by atoms with Crippen LogP contribution in [0.25, 0.3) is 22.6 Å². The molecule has 1 unspecified atom stereocenters. The van der Waals surface area contributed by atoms with Crippen molar-refractivity contribution in [3.05, 3.63) is 81.3 Å². The van der Waals surface area contributed by atoms with E-state index in [4.69, 9.17) is 20.8 Å². The van der Waals surface area contributed by atoms with Gasteiger partial charge in [0.1, 0.15) is 17.6 Å². The molecule has 2 aromatic carbocycles. The number of alkyl halides is 3. The molecule has 1 atom stereocenters. The second-order valence-electron chi connectivity index (χ2n) is 8.79. The highest BCUT2D eigenvalue weighted by molar-refractivity contribution is 6.31. The SMILES string of the molecule is CCC(C(=O)Nc1ccc(C(=O)NC)c(F)c1)n1cc(OC)c(-c2cc(Cl)ccc2-c2nnc(C(F)(F)F)o2)cc1=O. The minimum atomic E-state index is -4.87. The third-order valence-electron chi connectivity index (χ3n) is 6.17. The van der Waals surface area contributed by atoms with Gasteiger partial charge in [-0.2, -0.15) is 13.2 Å². The maximum Gasteiger partial charge on any atom is 0.470 e. The number of ether oxygens (including phenoxy) is 1. The summed E-state index contributed by atoms with van der Waals surface area (Å²) in [7, 11) is 2.65. The van der Waals surface area contributed by atoms with Crippen molar-refractivity contribution in [3.63, 3.8) is 0 Å². The predicted molar refractivity (Wildman–Crippen MR) is 144 cm³/mol. The normalized spacial score (nSPS) is 12.1. The molecule has 0 spiro atoms. The summed E-state index contributed by atoms with van der Waals surface area (Å²) in [6.45, 7) is 1.65. The van der Waals surface area contributed by atoms with E-state index in [1.807, 2.05) is 0 Å². The van der Waals surface area contributed by atoms with E-state index in [1.165, 1.54) is 50.7 Å². The lowest BCUT2D eigenvalue weighted by Gasteiger charge is -2.20. The van der Waals surface area contributed by atoms with Gasteiger partial charge in [-0.05, 0) is 48.4 Å². The van der Waals surface area contributed by atoms with E-state index in [-0.39, 0.29) is 45.1 Å². The monoisotopic (exact) mass is 607 g/mol. The number of rotatable bonds is 8. The van der Waals surface area contributed by atoms with Crippen LogP contribution in [0.2, 0.25) is 5.02 Å². The van der Waals surface area contributed by atoms with Crippen molar-refractivity contribution in [1.82, 2.24) is 20.1 Å². The first kappa shape index (κ1) is 30.2. The van der Waals surface area contributed by atoms with Crippen molar-refractivity contribution < 1.29 is 36.3 Å². The molecule has 15 heteroatoms. The van der Waals surface area contributed by atoms with Gasteiger partial charge in [-0.1, -0.05) is 18.5 Å². The molecule has 42 heavy (non-hydrogen) atoms. The number of pyridine rings is 1. The fourth-order valence-corrected chi connectivity index (χ4v) is 4.34. The standard InChI is InChI=1S/C27H22ClF4N5O5/c1-4-20(24(40)34-14-6-8-16(19(29)10-14)23(39)33-2)37-12-21(41-3)18(11-22(37)38)17-9-13(28)5-7-15(17)25-35-36-26(42-25)27(30,31)32/h5-12,20H,4H2,1-3H3,(H,33,39)(H,34,40). The van der Waals surface area contributed by atoms with Crippen LogP contribution in [-0.4, -0.2) is 40.7 Å². The summed E-state index contributed by atoms with van der Waals surface area (Å²) >= 11 is 6.16. The van der Waals surface area contributed by atoms with E-state index in [0.717, 1.165) is 16.7 Å². The van der Waals surface area contributed by atoms with Gasteiger partial charge in [0.05, 0.1) is 18.9 Å². The molecular formula is C27H22ClF4N5O5. The Morgan fingerprint density at radius 3 is 2.43 bits per heavy atom. The molecule has 4 aromatic rings. The molecule has 220 valence electrons. The van der Waals surface area contributed by atoms with E-state index in [0.29, 0.717) is 0 Å². The molecule has 2 amide bonds. The Bertz CT molecular complexity index is 1720. The first-order valence-electron chi connectivity index (χ1n) is 12.2. The van der Waals surface area contributed by atoms with Crippen LogP contribution >= 0.6 is 11.6 Å². The van der Waals surface area contributed by atoms with Gasteiger partial charge in [-0.25, -0.2) is 4.39 Å². The molecule has 0 fully saturated rings. The lowest BCUT2D eigenvalue weighted by molar-refractivity contribution is -0.157. The Morgan fingerprint density at radius 2 is 1.83 bits per heavy atom. The summed E-state index contributed by atoms with van der Waals surface area (Å²) in [5.74, 6) is -4.11. The third kappa shape index (κ3) is 6.12. The summed E-state index contributed by atoms with van der Waals surface area (Å²) < 4.78 is 65.0. The first-order chi connectivity index (χ1) is 19.9. The molecule has 0 saturated heterocycles. The van der Waals surface area contributed by atoms with Gasteiger partial charge in [0.2, 0.25) is 11.8 Å². The zero-order valence-corrected chi connectivity index (χ0v) is 22.9. The lowest BCUT2D eigenvalue weighted by Crippen LogP contribution is -2.32. The maximum atomic E-state index is 14.4. The quantitative estimate of drug-likeness (QED) is 0.259. The third-order valence-corrected chi connectivity index (χ3v) is 6.40. The fraction of sp³-hybridized carbons (Fsp3) is 0.222. The van der Waals surface area contributed by atoms with Crippen LogP contribution in [0.1, 0.15) is 35.6 Å². The highest BCUT2D eigenvalue weighted by atomic mass is 35.5. The summed E-state index contributed by atoms with van der Waals surface area (Å²) in [6.07, 6.45) is -3.47. The molecule has 0 saturated carbocycles. The average Bonchev–Trinajstić information content (AvgIpc) is 3.45. The number of benzene rings is 2. The lowest BCUT2D eigenvalue weighted by atomic mass is 9.99. The topological polar surface area (TPSA) is 128 Å². The number of carbonyl (C=O) groups is 2. The van der Waals surface area contributed by atoms with Crippen molar-refractivity contribution in [3.8, 4) is 28.3 Å². The van der Waals surface area contributed by atoms with Gasteiger partial charge in [-0.3, -0.25) is 19.0 Å². The van der Waals surface area contributed by atoms with Crippen molar-refractivity contribution >= 4 is 29.1 Å². The van der Waals surface area contributed by atoms with E-state index in [9.17, 15) is 31.9 Å². The van der Waals surface area contributed by atoms with E-state index in [1.54, 1.807) is 6.92 Å². The average molecular weight is 608 g/mol. The van der Waals surface area contributed by atoms with E-state index in [2.05, 4.69) is 20.8 Å². The smallest absolute Gasteiger partial charge is 0.470 e. The molecule has 2 heterocycles.